The third-order valence-corrected chi connectivity index (χ3v) is 6.64. The van der Waals surface area contributed by atoms with Gasteiger partial charge < -0.3 is 13.9 Å². The third kappa shape index (κ3) is 4.56. The number of hydrogen-bond donors (Lipinski definition) is 0. The van der Waals surface area contributed by atoms with Gasteiger partial charge in [0.25, 0.3) is 0 Å². The Hall–Kier alpha value is -2.73. The maximum atomic E-state index is 5.95. The first-order valence-corrected chi connectivity index (χ1v) is 12.3. The van der Waals surface area contributed by atoms with E-state index in [2.05, 4.69) is 109 Å². The van der Waals surface area contributed by atoms with E-state index in [1.165, 1.54) is 16.5 Å². The van der Waals surface area contributed by atoms with Crippen molar-refractivity contribution in [3.8, 4) is 17.1 Å². The number of nitrogens with zero attached hydrogens (tertiary/aromatic N) is 4. The number of thioether (sulfide) groups is 1. The summed E-state index contributed by atoms with van der Waals surface area (Å²) in [7, 11) is 0. The maximum absolute atomic E-state index is 5.95. The fraction of sp³-hybridized carbons (Fsp3) is 0.385. The van der Waals surface area contributed by atoms with Gasteiger partial charge in [0.05, 0.1) is 6.61 Å². The highest BCUT2D eigenvalue weighted by Gasteiger charge is 2.18. The molecule has 0 radical (unpaired) electrons. The van der Waals surface area contributed by atoms with E-state index in [1.54, 1.807) is 11.8 Å². The predicted molar refractivity (Wildman–Crippen MR) is 134 cm³/mol. The lowest BCUT2D eigenvalue weighted by Gasteiger charge is -2.19. The second-order valence-electron chi connectivity index (χ2n) is 8.87. The molecule has 4 rings (SSSR count). The summed E-state index contributed by atoms with van der Waals surface area (Å²) in [6.07, 6.45) is 2.19. The lowest BCUT2D eigenvalue weighted by Crippen LogP contribution is -2.10. The molecule has 6 heteroatoms. The van der Waals surface area contributed by atoms with Crippen LogP contribution in [0.2, 0.25) is 0 Å². The zero-order valence-corrected chi connectivity index (χ0v) is 20.4. The number of hydrogen-bond acceptors (Lipinski definition) is 4. The topological polar surface area (TPSA) is 44.9 Å². The average Bonchev–Trinajstić information content (AvgIpc) is 3.37. The minimum absolute atomic E-state index is 0.153. The van der Waals surface area contributed by atoms with E-state index in [-0.39, 0.29) is 5.41 Å². The molecule has 0 amide bonds. The molecule has 5 nitrogen and oxygen atoms in total. The molecule has 0 bridgehead atoms. The van der Waals surface area contributed by atoms with Crippen LogP contribution in [0.4, 0.5) is 0 Å². The number of fused-ring (bicyclic) bond motifs is 1. The van der Waals surface area contributed by atoms with Crippen molar-refractivity contribution in [1.82, 2.24) is 19.3 Å². The van der Waals surface area contributed by atoms with Crippen LogP contribution >= 0.6 is 11.8 Å². The first kappa shape index (κ1) is 22.5. The van der Waals surface area contributed by atoms with Crippen molar-refractivity contribution >= 4 is 22.7 Å². The summed E-state index contributed by atoms with van der Waals surface area (Å²) in [5.41, 5.74) is 3.83. The molecule has 0 fully saturated rings. The van der Waals surface area contributed by atoms with E-state index >= 15 is 0 Å². The second kappa shape index (κ2) is 9.41. The van der Waals surface area contributed by atoms with Gasteiger partial charge in [-0.05, 0) is 43.0 Å². The van der Waals surface area contributed by atoms with Gasteiger partial charge in [-0.25, -0.2) is 0 Å². The van der Waals surface area contributed by atoms with Crippen LogP contribution < -0.4 is 4.74 Å². The minimum atomic E-state index is 0.153. The van der Waals surface area contributed by atoms with E-state index in [1.807, 2.05) is 0 Å². The Morgan fingerprint density at radius 2 is 1.69 bits per heavy atom. The molecule has 32 heavy (non-hydrogen) atoms. The quantitative estimate of drug-likeness (QED) is 0.231. The van der Waals surface area contributed by atoms with E-state index < -0.39 is 0 Å². The normalized spacial score (nSPS) is 11.9. The Morgan fingerprint density at radius 1 is 0.938 bits per heavy atom. The second-order valence-corrected chi connectivity index (χ2v) is 9.93. The summed E-state index contributed by atoms with van der Waals surface area (Å²) in [5, 5.41) is 11.2. The van der Waals surface area contributed by atoms with Crippen LogP contribution in [-0.2, 0) is 18.5 Å². The Kier molecular flexibility index (Phi) is 6.60. The van der Waals surface area contributed by atoms with Crippen molar-refractivity contribution in [3.05, 3.63) is 60.3 Å². The summed E-state index contributed by atoms with van der Waals surface area (Å²) < 4.78 is 10.4. The van der Waals surface area contributed by atoms with E-state index in [9.17, 15) is 0 Å². The zero-order chi connectivity index (χ0) is 22.7. The third-order valence-electron chi connectivity index (χ3n) is 5.71. The molecule has 0 unspecified atom stereocenters. The summed E-state index contributed by atoms with van der Waals surface area (Å²) in [4.78, 5) is 0. The number of benzene rings is 2. The number of para-hydroxylation sites is 1. The van der Waals surface area contributed by atoms with Gasteiger partial charge in [-0.15, -0.1) is 10.2 Å². The summed E-state index contributed by atoms with van der Waals surface area (Å²) in [6, 6.07) is 16.9. The Bertz CT molecular complexity index is 1180. The van der Waals surface area contributed by atoms with E-state index in [0.29, 0.717) is 6.61 Å². The average molecular weight is 449 g/mol. The molecule has 2 aromatic heterocycles. The van der Waals surface area contributed by atoms with Gasteiger partial charge in [0.15, 0.2) is 11.0 Å². The van der Waals surface area contributed by atoms with Gasteiger partial charge in [0, 0.05) is 41.5 Å². The number of aryl methyl sites for hydroxylation is 1. The first-order valence-electron chi connectivity index (χ1n) is 11.3. The maximum Gasteiger partial charge on any atom is 0.191 e. The molecule has 0 aliphatic carbocycles. The molecule has 2 heterocycles. The highest BCUT2D eigenvalue weighted by atomic mass is 32.2. The molecular formula is C26H32N4OS. The van der Waals surface area contributed by atoms with Crippen molar-refractivity contribution in [2.75, 3.05) is 12.4 Å². The van der Waals surface area contributed by atoms with Crippen molar-refractivity contribution in [3.63, 3.8) is 0 Å². The Balaban J connectivity index is 1.44. The van der Waals surface area contributed by atoms with Crippen LogP contribution in [0.15, 0.2) is 59.9 Å². The van der Waals surface area contributed by atoms with Crippen LogP contribution in [0.25, 0.3) is 22.3 Å². The lowest BCUT2D eigenvalue weighted by molar-refractivity contribution is 0.343. The molecule has 4 aromatic rings. The van der Waals surface area contributed by atoms with Gasteiger partial charge in [-0.2, -0.15) is 0 Å². The summed E-state index contributed by atoms with van der Waals surface area (Å²) in [6.45, 7) is 13.3. The van der Waals surface area contributed by atoms with Crippen LogP contribution in [0, 0.1) is 0 Å². The summed E-state index contributed by atoms with van der Waals surface area (Å²) in [5.74, 6) is 2.65. The standard InChI is InChI=1S/C26H32N4OS/c1-6-29-18-22(21-10-8-9-11-23(21)29)24-27-28-25(30(24)7-2)32-17-16-31-20-14-12-19(13-15-20)26(3,4)5/h8-15,18H,6-7,16-17H2,1-5H3. The van der Waals surface area contributed by atoms with Gasteiger partial charge in [-0.1, -0.05) is 62.9 Å². The van der Waals surface area contributed by atoms with Gasteiger partial charge in [0.2, 0.25) is 0 Å². The fourth-order valence-corrected chi connectivity index (χ4v) is 4.73. The Morgan fingerprint density at radius 3 is 2.38 bits per heavy atom. The van der Waals surface area contributed by atoms with Crippen LogP contribution in [-0.4, -0.2) is 31.7 Å². The lowest BCUT2D eigenvalue weighted by atomic mass is 9.87. The van der Waals surface area contributed by atoms with Crippen molar-refractivity contribution in [2.24, 2.45) is 0 Å². The highest BCUT2D eigenvalue weighted by molar-refractivity contribution is 7.99. The molecule has 0 N–H and O–H groups in total. The highest BCUT2D eigenvalue weighted by Crippen LogP contribution is 2.32. The zero-order valence-electron chi connectivity index (χ0n) is 19.6. The first-order chi connectivity index (χ1) is 15.4. The molecular weight excluding hydrogens is 416 g/mol. The van der Waals surface area contributed by atoms with Gasteiger partial charge in [0.1, 0.15) is 5.75 Å². The van der Waals surface area contributed by atoms with Crippen LogP contribution in [0.3, 0.4) is 0 Å². The SMILES string of the molecule is CCn1c(SCCOc2ccc(C(C)(C)C)cc2)nnc1-c1cn(CC)c2ccccc12. The molecule has 0 atom stereocenters. The molecule has 0 saturated carbocycles. The van der Waals surface area contributed by atoms with E-state index in [4.69, 9.17) is 4.74 Å². The van der Waals surface area contributed by atoms with Crippen molar-refractivity contribution in [1.29, 1.82) is 0 Å². The molecule has 0 spiro atoms. The minimum Gasteiger partial charge on any atom is -0.493 e. The number of ether oxygens (including phenoxy) is 1. The number of rotatable bonds is 8. The van der Waals surface area contributed by atoms with Crippen molar-refractivity contribution < 1.29 is 4.74 Å². The number of aromatic nitrogens is 4. The predicted octanol–water partition coefficient (Wildman–Crippen LogP) is 6.41. The Labute approximate surface area is 194 Å². The molecule has 2 aromatic carbocycles. The molecule has 0 aliphatic heterocycles. The molecule has 0 aliphatic rings. The van der Waals surface area contributed by atoms with Gasteiger partial charge in [-0.3, -0.25) is 0 Å². The van der Waals surface area contributed by atoms with Crippen LogP contribution in [0.1, 0.15) is 40.2 Å². The largest absolute Gasteiger partial charge is 0.493 e. The molecule has 0 saturated heterocycles. The van der Waals surface area contributed by atoms with E-state index in [0.717, 1.165) is 41.1 Å². The summed E-state index contributed by atoms with van der Waals surface area (Å²) >= 11 is 1.69. The monoisotopic (exact) mass is 448 g/mol. The van der Waals surface area contributed by atoms with Crippen molar-refractivity contribution in [2.45, 2.75) is 58.3 Å². The smallest absolute Gasteiger partial charge is 0.191 e. The van der Waals surface area contributed by atoms with Crippen LogP contribution in [0.5, 0.6) is 5.75 Å². The van der Waals surface area contributed by atoms with Gasteiger partial charge >= 0.3 is 0 Å². The fourth-order valence-electron chi connectivity index (χ4n) is 3.91. The molecule has 168 valence electrons.